The minimum Gasteiger partial charge on any atom is -0.497 e. The number of amides is 3. The molecule has 0 bridgehead atoms. The van der Waals surface area contributed by atoms with E-state index in [2.05, 4.69) is 10.6 Å². The van der Waals surface area contributed by atoms with E-state index in [-0.39, 0.29) is 17.5 Å². The average molecular weight is 617 g/mol. The van der Waals surface area contributed by atoms with Crippen LogP contribution in [-0.2, 0) is 27.7 Å². The predicted molar refractivity (Wildman–Crippen MR) is 168 cm³/mol. The first-order chi connectivity index (χ1) is 21.2. The standard InChI is InChI=1S/C33H36N4O6S/c1-24(32(38)36-40)37(22-21-25-13-17-29(43-2)18-14-25)44(41,42)30-19-15-28(16-20-30)34-33(39)35-31(27-11-7-4-8-12-27)23-26-9-5-3-6-10-26/h3-20,24,31,40H,21-23H2,1-2H3,(H,36,38)(H2,34,35,39). The largest absolute Gasteiger partial charge is 0.497 e. The quantitative estimate of drug-likeness (QED) is 0.124. The molecule has 0 aliphatic heterocycles. The monoisotopic (exact) mass is 616 g/mol. The van der Waals surface area contributed by atoms with Crippen LogP contribution in [0.1, 0.15) is 29.7 Å². The number of ether oxygens (including phenoxy) is 1. The number of anilines is 1. The van der Waals surface area contributed by atoms with Gasteiger partial charge in [0.05, 0.1) is 18.0 Å². The van der Waals surface area contributed by atoms with Crippen molar-refractivity contribution in [2.75, 3.05) is 19.0 Å². The molecule has 4 aromatic carbocycles. The van der Waals surface area contributed by atoms with Crippen molar-refractivity contribution >= 4 is 27.6 Å². The summed E-state index contributed by atoms with van der Waals surface area (Å²) in [4.78, 5) is 25.2. The van der Waals surface area contributed by atoms with E-state index in [1.807, 2.05) is 72.8 Å². The van der Waals surface area contributed by atoms with Gasteiger partial charge in [-0.25, -0.2) is 18.7 Å². The van der Waals surface area contributed by atoms with Gasteiger partial charge in [-0.05, 0) is 72.9 Å². The van der Waals surface area contributed by atoms with E-state index in [0.29, 0.717) is 24.3 Å². The zero-order valence-electron chi connectivity index (χ0n) is 24.5. The van der Waals surface area contributed by atoms with E-state index in [1.54, 1.807) is 19.2 Å². The molecule has 0 saturated carbocycles. The Hall–Kier alpha value is -4.71. The third-order valence-corrected chi connectivity index (χ3v) is 9.19. The van der Waals surface area contributed by atoms with Crippen LogP contribution in [0.2, 0.25) is 0 Å². The normalized spacial score (nSPS) is 12.6. The molecule has 0 fully saturated rings. The number of methoxy groups -OCH3 is 1. The summed E-state index contributed by atoms with van der Waals surface area (Å²) in [5, 5.41) is 15.0. The van der Waals surface area contributed by atoms with E-state index in [0.717, 1.165) is 21.0 Å². The van der Waals surface area contributed by atoms with Crippen molar-refractivity contribution in [3.05, 3.63) is 126 Å². The molecule has 2 unspecified atom stereocenters. The minimum absolute atomic E-state index is 0.0199. The number of rotatable bonds is 13. The molecule has 3 amide bonds. The zero-order chi connectivity index (χ0) is 31.5. The average Bonchev–Trinajstić information content (AvgIpc) is 3.05. The Morgan fingerprint density at radius 3 is 2.05 bits per heavy atom. The summed E-state index contributed by atoms with van der Waals surface area (Å²) in [6.45, 7) is 1.38. The molecule has 4 rings (SSSR count). The Balaban J connectivity index is 1.47. The highest BCUT2D eigenvalue weighted by molar-refractivity contribution is 7.89. The highest BCUT2D eigenvalue weighted by Gasteiger charge is 2.33. The van der Waals surface area contributed by atoms with Gasteiger partial charge in [0.2, 0.25) is 10.0 Å². The third-order valence-electron chi connectivity index (χ3n) is 7.21. The lowest BCUT2D eigenvalue weighted by Crippen LogP contribution is -2.48. The molecule has 0 radical (unpaired) electrons. The summed E-state index contributed by atoms with van der Waals surface area (Å²) in [6, 6.07) is 30.4. The van der Waals surface area contributed by atoms with Crippen LogP contribution in [0.25, 0.3) is 0 Å². The maximum absolute atomic E-state index is 13.7. The van der Waals surface area contributed by atoms with Crippen LogP contribution in [-0.4, -0.2) is 49.6 Å². The molecule has 0 saturated heterocycles. The highest BCUT2D eigenvalue weighted by Crippen LogP contribution is 2.23. The van der Waals surface area contributed by atoms with Crippen molar-refractivity contribution < 1.29 is 28.0 Å². The molecule has 0 aromatic heterocycles. The first kappa shape index (κ1) is 32.2. The van der Waals surface area contributed by atoms with Crippen molar-refractivity contribution in [3.8, 4) is 5.75 Å². The van der Waals surface area contributed by atoms with Gasteiger partial charge in [0.15, 0.2) is 0 Å². The fraction of sp³-hybridized carbons (Fsp3) is 0.212. The zero-order valence-corrected chi connectivity index (χ0v) is 25.3. The van der Waals surface area contributed by atoms with E-state index in [9.17, 15) is 23.2 Å². The minimum atomic E-state index is -4.16. The van der Waals surface area contributed by atoms with Crippen LogP contribution in [0.15, 0.2) is 114 Å². The Labute approximate surface area is 257 Å². The van der Waals surface area contributed by atoms with Crippen LogP contribution >= 0.6 is 0 Å². The number of benzene rings is 4. The lowest BCUT2D eigenvalue weighted by Gasteiger charge is -2.27. The second kappa shape index (κ2) is 15.1. The van der Waals surface area contributed by atoms with Gasteiger partial charge < -0.3 is 15.4 Å². The van der Waals surface area contributed by atoms with Gasteiger partial charge in [0.1, 0.15) is 11.8 Å². The molecular formula is C33H36N4O6S. The third kappa shape index (κ3) is 8.44. The molecule has 230 valence electrons. The van der Waals surface area contributed by atoms with Gasteiger partial charge in [-0.2, -0.15) is 4.31 Å². The molecule has 11 heteroatoms. The van der Waals surface area contributed by atoms with Crippen molar-refractivity contribution in [1.82, 2.24) is 15.1 Å². The Morgan fingerprint density at radius 1 is 0.841 bits per heavy atom. The summed E-state index contributed by atoms with van der Waals surface area (Å²) in [7, 11) is -2.61. The van der Waals surface area contributed by atoms with E-state index < -0.39 is 28.0 Å². The van der Waals surface area contributed by atoms with Gasteiger partial charge >= 0.3 is 6.03 Å². The molecule has 4 N–H and O–H groups in total. The second-order valence-electron chi connectivity index (χ2n) is 10.1. The summed E-state index contributed by atoms with van der Waals surface area (Å²) in [5.41, 5.74) is 4.78. The highest BCUT2D eigenvalue weighted by atomic mass is 32.2. The number of carbonyl (C=O) groups is 2. The molecular weight excluding hydrogens is 580 g/mol. The molecule has 0 spiro atoms. The number of sulfonamides is 1. The fourth-order valence-electron chi connectivity index (χ4n) is 4.74. The van der Waals surface area contributed by atoms with Gasteiger partial charge in [-0.3, -0.25) is 10.0 Å². The fourth-order valence-corrected chi connectivity index (χ4v) is 6.33. The molecule has 4 aromatic rings. The van der Waals surface area contributed by atoms with Crippen molar-refractivity contribution in [2.45, 2.75) is 36.7 Å². The predicted octanol–water partition coefficient (Wildman–Crippen LogP) is 4.93. The first-order valence-electron chi connectivity index (χ1n) is 14.1. The summed E-state index contributed by atoms with van der Waals surface area (Å²) < 4.78 is 33.5. The second-order valence-corrected chi connectivity index (χ2v) is 12.0. The van der Waals surface area contributed by atoms with Crippen LogP contribution in [0.4, 0.5) is 10.5 Å². The van der Waals surface area contributed by atoms with Crippen LogP contribution < -0.4 is 20.9 Å². The van der Waals surface area contributed by atoms with Gasteiger partial charge in [-0.1, -0.05) is 72.8 Å². The van der Waals surface area contributed by atoms with Crippen molar-refractivity contribution in [3.63, 3.8) is 0 Å². The molecule has 10 nitrogen and oxygen atoms in total. The summed E-state index contributed by atoms with van der Waals surface area (Å²) in [6.07, 6.45) is 0.902. The van der Waals surface area contributed by atoms with Crippen LogP contribution in [0, 0.1) is 0 Å². The smallest absolute Gasteiger partial charge is 0.319 e. The van der Waals surface area contributed by atoms with Gasteiger partial charge in [0.25, 0.3) is 5.91 Å². The number of nitrogens with one attached hydrogen (secondary N) is 3. The Kier molecular flexibility index (Phi) is 11.1. The van der Waals surface area contributed by atoms with E-state index in [4.69, 9.17) is 4.74 Å². The van der Waals surface area contributed by atoms with Crippen LogP contribution in [0.5, 0.6) is 5.75 Å². The molecule has 2 atom stereocenters. The van der Waals surface area contributed by atoms with Crippen LogP contribution in [0.3, 0.4) is 0 Å². The van der Waals surface area contributed by atoms with Gasteiger partial charge in [0, 0.05) is 12.2 Å². The first-order valence-corrected chi connectivity index (χ1v) is 15.5. The Morgan fingerprint density at radius 2 is 1.45 bits per heavy atom. The maximum atomic E-state index is 13.7. The lowest BCUT2D eigenvalue weighted by molar-refractivity contribution is -0.132. The van der Waals surface area contributed by atoms with E-state index >= 15 is 0 Å². The molecule has 0 aliphatic carbocycles. The Bertz CT molecular complexity index is 1620. The SMILES string of the molecule is COc1ccc(CCN(C(C)C(=O)NO)S(=O)(=O)c2ccc(NC(=O)NC(Cc3ccccc3)c3ccccc3)cc2)cc1. The number of hydroxylamine groups is 1. The summed E-state index contributed by atoms with van der Waals surface area (Å²) >= 11 is 0. The number of urea groups is 1. The molecule has 44 heavy (non-hydrogen) atoms. The lowest BCUT2D eigenvalue weighted by atomic mass is 9.99. The topological polar surface area (TPSA) is 137 Å². The number of nitrogens with zero attached hydrogens (tertiary/aromatic N) is 1. The molecule has 0 aliphatic rings. The van der Waals surface area contributed by atoms with E-state index in [1.165, 1.54) is 36.7 Å². The van der Waals surface area contributed by atoms with Gasteiger partial charge in [-0.15, -0.1) is 0 Å². The number of carbonyl (C=O) groups excluding carboxylic acids is 2. The maximum Gasteiger partial charge on any atom is 0.319 e. The summed E-state index contributed by atoms with van der Waals surface area (Å²) in [5.74, 6) is -0.192. The molecule has 0 heterocycles. The van der Waals surface area contributed by atoms with Crippen molar-refractivity contribution in [1.29, 1.82) is 0 Å². The number of hydrogen-bond acceptors (Lipinski definition) is 6. The van der Waals surface area contributed by atoms with Crippen molar-refractivity contribution in [2.24, 2.45) is 0 Å². The number of hydrogen-bond donors (Lipinski definition) is 4.